The number of benzene rings is 7. The Bertz CT molecular complexity index is 2420. The highest BCUT2D eigenvalue weighted by Crippen LogP contribution is 2.54. The molecule has 0 unspecified atom stereocenters. The maximum atomic E-state index is 2.44. The van der Waals surface area contributed by atoms with Crippen LogP contribution in [-0.4, -0.2) is 0 Å². The van der Waals surface area contributed by atoms with Gasteiger partial charge in [0.1, 0.15) is 0 Å². The van der Waals surface area contributed by atoms with Gasteiger partial charge in [-0.3, -0.25) is 0 Å². The van der Waals surface area contributed by atoms with E-state index in [-0.39, 0.29) is 5.41 Å². The molecule has 0 saturated carbocycles. The highest BCUT2D eigenvalue weighted by Gasteiger charge is 2.38. The molecule has 1 aliphatic carbocycles. The second-order valence-corrected chi connectivity index (χ2v) is 14.1. The van der Waals surface area contributed by atoms with Gasteiger partial charge in [0.05, 0.1) is 0 Å². The molecule has 1 nitrogen and oxygen atoms in total. The molecule has 0 saturated heterocycles. The Kier molecular flexibility index (Phi) is 6.41. The minimum atomic E-state index is -0.117. The fraction of sp³-hybridized carbons (Fsp3) is 0.0667. The summed E-state index contributed by atoms with van der Waals surface area (Å²) in [4.78, 5) is 2.44. The van der Waals surface area contributed by atoms with E-state index < -0.39 is 0 Å². The Labute approximate surface area is 280 Å². The Morgan fingerprint density at radius 2 is 1.02 bits per heavy atom. The van der Waals surface area contributed by atoms with Gasteiger partial charge in [0, 0.05) is 42.6 Å². The molecule has 1 aromatic heterocycles. The first-order valence-electron chi connectivity index (χ1n) is 16.3. The number of hydrogen-bond acceptors (Lipinski definition) is 2. The predicted molar refractivity (Wildman–Crippen MR) is 202 cm³/mol. The molecule has 47 heavy (non-hydrogen) atoms. The molecule has 7 aromatic carbocycles. The summed E-state index contributed by atoms with van der Waals surface area (Å²) in [5.74, 6) is 0. The summed E-state index contributed by atoms with van der Waals surface area (Å²) < 4.78 is 2.62. The van der Waals surface area contributed by atoms with Crippen molar-refractivity contribution in [1.82, 2.24) is 0 Å². The van der Waals surface area contributed by atoms with E-state index in [0.717, 1.165) is 17.1 Å². The lowest BCUT2D eigenvalue weighted by Crippen LogP contribution is -2.17. The topological polar surface area (TPSA) is 3.24 Å². The van der Waals surface area contributed by atoms with Crippen LogP contribution in [0.5, 0.6) is 0 Å². The smallest absolute Gasteiger partial charge is 0.0476 e. The minimum absolute atomic E-state index is 0.117. The summed E-state index contributed by atoms with van der Waals surface area (Å²) in [6, 6.07) is 60.1. The van der Waals surface area contributed by atoms with Crippen molar-refractivity contribution in [3.8, 4) is 33.4 Å². The standard InChI is InChI=1S/C45H33NS/c1-45(2)41-19-11-9-17-36(41)40-28-35(27-39(44(40)45)32-15-7-4-8-16-32)46(33-23-21-31(22-24-33)30-13-5-3-6-14-30)34-25-26-38-37-18-10-12-20-42(37)47-43(38)29-34/h3-29H,1-2H3. The molecular formula is C45H33NS. The first-order chi connectivity index (χ1) is 23.1. The van der Waals surface area contributed by atoms with Crippen LogP contribution < -0.4 is 4.90 Å². The van der Waals surface area contributed by atoms with Crippen molar-refractivity contribution in [1.29, 1.82) is 0 Å². The largest absolute Gasteiger partial charge is 0.310 e. The fourth-order valence-corrected chi connectivity index (χ4v) is 8.76. The van der Waals surface area contributed by atoms with Crippen LogP contribution in [0.2, 0.25) is 0 Å². The SMILES string of the molecule is CC1(C)c2ccccc2-c2cc(N(c3ccc(-c4ccccc4)cc3)c3ccc4c(c3)sc3ccccc34)cc(-c3ccccc3)c21. The maximum Gasteiger partial charge on any atom is 0.0476 e. The third-order valence-electron chi connectivity index (χ3n) is 9.83. The summed E-state index contributed by atoms with van der Waals surface area (Å²) in [6.07, 6.45) is 0. The van der Waals surface area contributed by atoms with Gasteiger partial charge < -0.3 is 4.90 Å². The molecule has 0 spiro atoms. The fourth-order valence-electron chi connectivity index (χ4n) is 7.62. The lowest BCUT2D eigenvalue weighted by atomic mass is 9.78. The first kappa shape index (κ1) is 27.8. The van der Waals surface area contributed by atoms with Crippen molar-refractivity contribution in [3.05, 3.63) is 175 Å². The number of fused-ring (bicyclic) bond motifs is 6. The van der Waals surface area contributed by atoms with Gasteiger partial charge in [-0.25, -0.2) is 0 Å². The van der Waals surface area contributed by atoms with E-state index in [1.165, 1.54) is 64.7 Å². The molecule has 2 heteroatoms. The predicted octanol–water partition coefficient (Wildman–Crippen LogP) is 13.2. The summed E-state index contributed by atoms with van der Waals surface area (Å²) in [5.41, 5.74) is 13.7. The number of hydrogen-bond donors (Lipinski definition) is 0. The first-order valence-corrected chi connectivity index (χ1v) is 17.1. The molecule has 0 N–H and O–H groups in total. The van der Waals surface area contributed by atoms with Gasteiger partial charge in [-0.05, 0) is 87.0 Å². The van der Waals surface area contributed by atoms with Crippen molar-refractivity contribution in [3.63, 3.8) is 0 Å². The van der Waals surface area contributed by atoms with Crippen LogP contribution >= 0.6 is 11.3 Å². The highest BCUT2D eigenvalue weighted by atomic mass is 32.1. The Hall–Kier alpha value is -5.44. The molecule has 0 radical (unpaired) electrons. The number of nitrogens with zero attached hydrogens (tertiary/aromatic N) is 1. The summed E-state index contributed by atoms with van der Waals surface area (Å²) >= 11 is 1.87. The molecule has 0 aliphatic heterocycles. The van der Waals surface area contributed by atoms with Crippen LogP contribution in [0, 0.1) is 0 Å². The Morgan fingerprint density at radius 3 is 1.81 bits per heavy atom. The van der Waals surface area contributed by atoms with E-state index in [4.69, 9.17) is 0 Å². The molecule has 0 amide bonds. The maximum absolute atomic E-state index is 2.44. The van der Waals surface area contributed by atoms with Crippen LogP contribution in [0.4, 0.5) is 17.1 Å². The average molecular weight is 620 g/mol. The Morgan fingerprint density at radius 1 is 0.426 bits per heavy atom. The molecule has 0 atom stereocenters. The third kappa shape index (κ3) is 4.52. The van der Waals surface area contributed by atoms with E-state index in [9.17, 15) is 0 Å². The van der Waals surface area contributed by atoms with Gasteiger partial charge in [0.25, 0.3) is 0 Å². The number of thiophene rings is 1. The second-order valence-electron chi connectivity index (χ2n) is 13.0. The zero-order chi connectivity index (χ0) is 31.5. The molecule has 0 fully saturated rings. The van der Waals surface area contributed by atoms with Gasteiger partial charge in [0.15, 0.2) is 0 Å². The monoisotopic (exact) mass is 619 g/mol. The van der Waals surface area contributed by atoms with Crippen LogP contribution in [0.25, 0.3) is 53.6 Å². The number of anilines is 3. The molecular weight excluding hydrogens is 587 g/mol. The summed E-state index contributed by atoms with van der Waals surface area (Å²) in [7, 11) is 0. The van der Waals surface area contributed by atoms with Gasteiger partial charge in [-0.15, -0.1) is 11.3 Å². The van der Waals surface area contributed by atoms with Crippen molar-refractivity contribution in [2.75, 3.05) is 4.90 Å². The van der Waals surface area contributed by atoms with Crippen LogP contribution in [-0.2, 0) is 5.41 Å². The average Bonchev–Trinajstić information content (AvgIpc) is 3.61. The quantitative estimate of drug-likeness (QED) is 0.185. The molecule has 9 rings (SSSR count). The lowest BCUT2D eigenvalue weighted by Gasteiger charge is -2.29. The zero-order valence-electron chi connectivity index (χ0n) is 26.4. The van der Waals surface area contributed by atoms with Gasteiger partial charge >= 0.3 is 0 Å². The van der Waals surface area contributed by atoms with Gasteiger partial charge in [-0.1, -0.05) is 135 Å². The van der Waals surface area contributed by atoms with Crippen molar-refractivity contribution in [2.24, 2.45) is 0 Å². The van der Waals surface area contributed by atoms with Crippen molar-refractivity contribution < 1.29 is 0 Å². The van der Waals surface area contributed by atoms with Crippen LogP contribution in [0.1, 0.15) is 25.0 Å². The molecule has 0 bridgehead atoms. The summed E-state index contributed by atoms with van der Waals surface area (Å²) in [5, 5.41) is 2.63. The normalized spacial score (nSPS) is 13.1. The Balaban J connectivity index is 1.30. The zero-order valence-corrected chi connectivity index (χ0v) is 27.3. The number of rotatable bonds is 5. The molecule has 8 aromatic rings. The van der Waals surface area contributed by atoms with Gasteiger partial charge in [0.2, 0.25) is 0 Å². The molecule has 224 valence electrons. The van der Waals surface area contributed by atoms with E-state index in [1.807, 2.05) is 11.3 Å². The van der Waals surface area contributed by atoms with Crippen LogP contribution in [0.15, 0.2) is 164 Å². The second kappa shape index (κ2) is 10.8. The molecule has 1 aliphatic rings. The van der Waals surface area contributed by atoms with Gasteiger partial charge in [-0.2, -0.15) is 0 Å². The van der Waals surface area contributed by atoms with Crippen molar-refractivity contribution >= 4 is 48.6 Å². The minimum Gasteiger partial charge on any atom is -0.310 e. The highest BCUT2D eigenvalue weighted by molar-refractivity contribution is 7.25. The van der Waals surface area contributed by atoms with Crippen LogP contribution in [0.3, 0.4) is 0 Å². The third-order valence-corrected chi connectivity index (χ3v) is 11.0. The molecule has 1 heterocycles. The van der Waals surface area contributed by atoms with E-state index in [2.05, 4.69) is 183 Å². The van der Waals surface area contributed by atoms with E-state index in [0.29, 0.717) is 0 Å². The summed E-state index contributed by atoms with van der Waals surface area (Å²) in [6.45, 7) is 4.75. The van der Waals surface area contributed by atoms with Crippen molar-refractivity contribution in [2.45, 2.75) is 19.3 Å². The lowest BCUT2D eigenvalue weighted by molar-refractivity contribution is 0.662. The van der Waals surface area contributed by atoms with E-state index >= 15 is 0 Å². The van der Waals surface area contributed by atoms with E-state index in [1.54, 1.807) is 0 Å².